The minimum Gasteiger partial charge on any atom is -0.497 e. The number of alkyl halides is 3. The van der Waals surface area contributed by atoms with Crippen molar-refractivity contribution in [3.05, 3.63) is 41.1 Å². The van der Waals surface area contributed by atoms with Gasteiger partial charge in [0.05, 0.1) is 26.5 Å². The number of quaternary nitrogens is 1. The summed E-state index contributed by atoms with van der Waals surface area (Å²) in [5, 5.41) is 10.1. The van der Waals surface area contributed by atoms with E-state index in [4.69, 9.17) is 19.6 Å². The van der Waals surface area contributed by atoms with Crippen LogP contribution in [-0.4, -0.2) is 51.4 Å². The van der Waals surface area contributed by atoms with E-state index in [1.807, 2.05) is 0 Å². The molecule has 1 heterocycles. The van der Waals surface area contributed by atoms with Crippen LogP contribution >= 0.6 is 0 Å². The van der Waals surface area contributed by atoms with Crippen molar-refractivity contribution in [2.24, 2.45) is 5.92 Å². The van der Waals surface area contributed by atoms with E-state index in [0.717, 1.165) is 12.5 Å². The molecule has 1 aliphatic rings. The molecule has 1 aliphatic carbocycles. The SMILES string of the molecule is CCOC(=O)c1cc(OS(=O)(=O)C(F)(F)F)c(C(=N)C2CCC2)c([NH2+]Cc2ccc(OC)cc2OC)n1. The van der Waals surface area contributed by atoms with Gasteiger partial charge in [-0.25, -0.2) is 4.79 Å². The van der Waals surface area contributed by atoms with Crippen molar-refractivity contribution in [3.8, 4) is 17.2 Å². The fourth-order valence-corrected chi connectivity index (χ4v) is 4.09. The Morgan fingerprint density at radius 1 is 1.16 bits per heavy atom. The first-order valence-electron chi connectivity index (χ1n) is 11.3. The van der Waals surface area contributed by atoms with Crippen molar-refractivity contribution >= 4 is 27.6 Å². The Bertz CT molecular complexity index is 1280. The van der Waals surface area contributed by atoms with Gasteiger partial charge in [-0.2, -0.15) is 26.6 Å². The summed E-state index contributed by atoms with van der Waals surface area (Å²) in [5.74, 6) is -1.25. The summed E-state index contributed by atoms with van der Waals surface area (Å²) in [6.07, 6.45) is 1.99. The maximum absolute atomic E-state index is 13.2. The lowest BCUT2D eigenvalue weighted by atomic mass is 9.79. The molecule has 3 rings (SSSR count). The van der Waals surface area contributed by atoms with E-state index >= 15 is 0 Å². The third-order valence-corrected chi connectivity index (χ3v) is 6.74. The van der Waals surface area contributed by atoms with Crippen molar-refractivity contribution in [2.75, 3.05) is 20.8 Å². The number of nitrogens with one attached hydrogen (secondary N) is 1. The minimum atomic E-state index is -6.10. The zero-order chi connectivity index (χ0) is 27.4. The summed E-state index contributed by atoms with van der Waals surface area (Å²) in [6, 6.07) is 5.77. The van der Waals surface area contributed by atoms with E-state index in [1.165, 1.54) is 26.5 Å². The summed E-state index contributed by atoms with van der Waals surface area (Å²) in [4.78, 5) is 16.6. The molecule has 202 valence electrons. The van der Waals surface area contributed by atoms with Crippen LogP contribution in [0.2, 0.25) is 0 Å². The Morgan fingerprint density at radius 2 is 1.86 bits per heavy atom. The first kappa shape index (κ1) is 28.2. The second-order valence-electron chi connectivity index (χ2n) is 8.10. The number of ether oxygens (including phenoxy) is 3. The molecule has 1 aromatic carbocycles. The summed E-state index contributed by atoms with van der Waals surface area (Å²) in [7, 11) is -3.17. The molecule has 14 heteroatoms. The van der Waals surface area contributed by atoms with Gasteiger partial charge in [-0.3, -0.25) is 5.32 Å². The summed E-state index contributed by atoms with van der Waals surface area (Å²) in [5.41, 5.74) is -5.92. The maximum atomic E-state index is 13.2. The Kier molecular flexibility index (Phi) is 8.64. The van der Waals surface area contributed by atoms with E-state index in [2.05, 4.69) is 9.17 Å². The van der Waals surface area contributed by atoms with E-state index in [-0.39, 0.29) is 36.2 Å². The number of esters is 1. The van der Waals surface area contributed by atoms with Crippen LogP contribution in [0.1, 0.15) is 47.8 Å². The standard InChI is InChI=1S/C23H26F3N3O7S/c1-4-35-22(30)16-11-18(36-37(31,32)23(24,25)26)19(20(27)13-6-5-7-13)21(29-16)28-12-14-8-9-15(33-2)10-17(14)34-3/h8-11,13,27H,4-7,12H2,1-3H3,(H,28,29)/p+1. The lowest BCUT2D eigenvalue weighted by molar-refractivity contribution is -0.592. The molecule has 0 spiro atoms. The Labute approximate surface area is 211 Å². The van der Waals surface area contributed by atoms with E-state index < -0.39 is 33.0 Å². The summed E-state index contributed by atoms with van der Waals surface area (Å²) >= 11 is 0. The van der Waals surface area contributed by atoms with Crippen molar-refractivity contribution < 1.29 is 50.1 Å². The molecule has 0 saturated heterocycles. The van der Waals surface area contributed by atoms with Crippen LogP contribution in [0.5, 0.6) is 17.2 Å². The molecule has 37 heavy (non-hydrogen) atoms. The predicted molar refractivity (Wildman–Crippen MR) is 125 cm³/mol. The number of methoxy groups -OCH3 is 2. The van der Waals surface area contributed by atoms with Crippen LogP contribution in [0.15, 0.2) is 24.3 Å². The van der Waals surface area contributed by atoms with Gasteiger partial charge >= 0.3 is 21.6 Å². The molecule has 0 radical (unpaired) electrons. The van der Waals surface area contributed by atoms with E-state index in [9.17, 15) is 26.4 Å². The molecular weight excluding hydrogens is 519 g/mol. The number of carbonyl (C=O) groups is 1. The van der Waals surface area contributed by atoms with Gasteiger partial charge in [0.1, 0.15) is 23.6 Å². The number of halogens is 3. The second-order valence-corrected chi connectivity index (χ2v) is 9.63. The van der Waals surface area contributed by atoms with Gasteiger partial charge in [-0.1, -0.05) is 6.42 Å². The van der Waals surface area contributed by atoms with Crippen LogP contribution in [0, 0.1) is 11.3 Å². The molecule has 1 fully saturated rings. The molecule has 0 unspecified atom stereocenters. The van der Waals surface area contributed by atoms with Gasteiger partial charge in [0.2, 0.25) is 5.82 Å². The third kappa shape index (κ3) is 6.31. The Balaban J connectivity index is 2.13. The highest BCUT2D eigenvalue weighted by Crippen LogP contribution is 2.37. The lowest BCUT2D eigenvalue weighted by Crippen LogP contribution is -2.77. The molecule has 0 atom stereocenters. The molecule has 3 N–H and O–H groups in total. The highest BCUT2D eigenvalue weighted by molar-refractivity contribution is 7.88. The first-order chi connectivity index (χ1) is 17.4. The van der Waals surface area contributed by atoms with Crippen LogP contribution in [0.3, 0.4) is 0 Å². The average molecular weight is 547 g/mol. The predicted octanol–water partition coefficient (Wildman–Crippen LogP) is 3.07. The highest BCUT2D eigenvalue weighted by Gasteiger charge is 2.49. The monoisotopic (exact) mass is 546 g/mol. The summed E-state index contributed by atoms with van der Waals surface area (Å²) in [6.45, 7) is 1.58. The Hall–Kier alpha value is -3.39. The lowest BCUT2D eigenvalue weighted by Gasteiger charge is -2.27. The second kappa shape index (κ2) is 11.3. The largest absolute Gasteiger partial charge is 0.534 e. The fourth-order valence-electron chi connectivity index (χ4n) is 3.63. The third-order valence-electron chi connectivity index (χ3n) is 5.77. The number of hydrogen-bond donors (Lipinski definition) is 2. The Morgan fingerprint density at radius 3 is 2.41 bits per heavy atom. The number of nitrogens with two attached hydrogens (primary N) is 1. The smallest absolute Gasteiger partial charge is 0.497 e. The van der Waals surface area contributed by atoms with Gasteiger partial charge in [-0.05, 0) is 31.9 Å². The van der Waals surface area contributed by atoms with Gasteiger partial charge in [0.15, 0.2) is 11.4 Å². The molecule has 2 aromatic rings. The molecule has 1 aromatic heterocycles. The number of pyridine rings is 1. The maximum Gasteiger partial charge on any atom is 0.534 e. The van der Waals surface area contributed by atoms with Crippen LogP contribution in [-0.2, 0) is 21.4 Å². The van der Waals surface area contributed by atoms with E-state index in [1.54, 1.807) is 18.2 Å². The van der Waals surface area contributed by atoms with Crippen LogP contribution in [0.25, 0.3) is 0 Å². The zero-order valence-electron chi connectivity index (χ0n) is 20.3. The topological polar surface area (TPSA) is 141 Å². The van der Waals surface area contributed by atoms with Crippen molar-refractivity contribution in [1.82, 2.24) is 4.98 Å². The molecule has 0 amide bonds. The van der Waals surface area contributed by atoms with Gasteiger partial charge < -0.3 is 23.8 Å². The number of aromatic nitrogens is 1. The van der Waals surface area contributed by atoms with Crippen LogP contribution in [0.4, 0.5) is 19.0 Å². The molecule has 10 nitrogen and oxygen atoms in total. The number of carbonyl (C=O) groups excluding carboxylic acids is 1. The number of hydrogen-bond acceptors (Lipinski definition) is 9. The van der Waals surface area contributed by atoms with Crippen molar-refractivity contribution in [2.45, 2.75) is 38.2 Å². The minimum absolute atomic E-state index is 0.0563. The van der Waals surface area contributed by atoms with Crippen molar-refractivity contribution in [1.29, 1.82) is 5.41 Å². The summed E-state index contributed by atoms with van der Waals surface area (Å²) < 4.78 is 83.3. The van der Waals surface area contributed by atoms with Gasteiger partial charge in [0, 0.05) is 23.6 Å². The van der Waals surface area contributed by atoms with Crippen LogP contribution < -0.4 is 19.0 Å². The number of rotatable bonds is 11. The fraction of sp³-hybridized carbons (Fsp3) is 0.435. The van der Waals surface area contributed by atoms with Crippen molar-refractivity contribution in [3.63, 3.8) is 0 Å². The first-order valence-corrected chi connectivity index (χ1v) is 12.7. The number of nitrogens with zero attached hydrogens (tertiary/aromatic N) is 1. The van der Waals surface area contributed by atoms with E-state index in [0.29, 0.717) is 29.9 Å². The molecule has 0 aliphatic heterocycles. The average Bonchev–Trinajstić information content (AvgIpc) is 2.80. The highest BCUT2D eigenvalue weighted by atomic mass is 32.2. The van der Waals surface area contributed by atoms with Gasteiger partial charge in [0.25, 0.3) is 0 Å². The normalized spacial score (nSPS) is 14.0. The number of benzene rings is 1. The molecular formula is C23H27F3N3O7S+. The molecule has 1 saturated carbocycles. The zero-order valence-corrected chi connectivity index (χ0v) is 21.2. The molecule has 0 bridgehead atoms. The van der Waals surface area contributed by atoms with Gasteiger partial charge in [-0.15, -0.1) is 0 Å². The quantitative estimate of drug-likeness (QED) is 0.190.